The van der Waals surface area contributed by atoms with Crippen LogP contribution in [-0.4, -0.2) is 33.1 Å². The van der Waals surface area contributed by atoms with Crippen molar-refractivity contribution in [3.05, 3.63) is 11.6 Å². The van der Waals surface area contributed by atoms with Crippen LogP contribution < -0.4 is 0 Å². The molecule has 0 saturated heterocycles. The van der Waals surface area contributed by atoms with Crippen LogP contribution >= 0.6 is 0 Å². The van der Waals surface area contributed by atoms with Gasteiger partial charge >= 0.3 is 0 Å². The highest BCUT2D eigenvalue weighted by molar-refractivity contribution is 5.28. The van der Waals surface area contributed by atoms with Crippen LogP contribution in [0.2, 0.25) is 0 Å². The zero-order chi connectivity index (χ0) is 16.6. The number of fused-ring (bicyclic) bond motifs is 5. The van der Waals surface area contributed by atoms with Crippen molar-refractivity contribution in [2.24, 2.45) is 28.6 Å². The lowest BCUT2D eigenvalue weighted by molar-refractivity contribution is -0.136. The molecule has 0 heterocycles. The fraction of sp³-hybridized carbons (Fsp3) is 0.900. The normalized spacial score (nSPS) is 58.9. The monoisotopic (exact) mass is 320 g/mol. The third-order valence-electron chi connectivity index (χ3n) is 8.67. The maximum absolute atomic E-state index is 10.9. The van der Waals surface area contributed by atoms with E-state index in [1.54, 1.807) is 0 Å². The zero-order valence-electron chi connectivity index (χ0n) is 14.8. The predicted molar refractivity (Wildman–Crippen MR) is 89.7 cm³/mol. The van der Waals surface area contributed by atoms with Gasteiger partial charge in [-0.3, -0.25) is 0 Å². The molecule has 3 fully saturated rings. The van der Waals surface area contributed by atoms with Crippen molar-refractivity contribution in [3.8, 4) is 0 Å². The highest BCUT2D eigenvalue weighted by atomic mass is 16.3. The first-order valence-corrected chi connectivity index (χ1v) is 9.49. The standard InChI is InChI=1S/C20H32O3/c1-18-7-4-13(21)10-12(18)11-16(22)17-14(18)5-8-19(2)15(17)6-9-20(19,3)23/h11,13-17,21-23H,4-10H2,1-3H3/t13-,14+,15+,16+,17-,18+,19+,20+/m1/s1. The predicted octanol–water partition coefficient (Wildman–Crippen LogP) is 3.03. The van der Waals surface area contributed by atoms with Gasteiger partial charge in [0.2, 0.25) is 0 Å². The third-order valence-corrected chi connectivity index (χ3v) is 8.67. The van der Waals surface area contributed by atoms with E-state index < -0.39 is 11.7 Å². The molecule has 0 spiro atoms. The van der Waals surface area contributed by atoms with Gasteiger partial charge in [-0.2, -0.15) is 0 Å². The van der Waals surface area contributed by atoms with Gasteiger partial charge < -0.3 is 15.3 Å². The number of aliphatic hydroxyl groups excluding tert-OH is 2. The molecule has 4 aliphatic rings. The second-order valence-corrected chi connectivity index (χ2v) is 9.56. The molecule has 4 aliphatic carbocycles. The minimum Gasteiger partial charge on any atom is -0.393 e. The summed E-state index contributed by atoms with van der Waals surface area (Å²) in [7, 11) is 0. The second-order valence-electron chi connectivity index (χ2n) is 9.56. The summed E-state index contributed by atoms with van der Waals surface area (Å²) < 4.78 is 0. The molecule has 0 aliphatic heterocycles. The summed E-state index contributed by atoms with van der Waals surface area (Å²) in [5.41, 5.74) is 0.762. The van der Waals surface area contributed by atoms with Crippen LogP contribution in [0.5, 0.6) is 0 Å². The smallest absolute Gasteiger partial charge is 0.0757 e. The first kappa shape index (κ1) is 16.1. The van der Waals surface area contributed by atoms with Gasteiger partial charge in [-0.25, -0.2) is 0 Å². The van der Waals surface area contributed by atoms with Gasteiger partial charge in [0.1, 0.15) is 0 Å². The topological polar surface area (TPSA) is 60.7 Å². The largest absolute Gasteiger partial charge is 0.393 e. The number of hydrogen-bond donors (Lipinski definition) is 3. The van der Waals surface area contributed by atoms with E-state index >= 15 is 0 Å². The zero-order valence-corrected chi connectivity index (χ0v) is 14.8. The SMILES string of the molecule is C[C@]12CC[C@@H](O)CC1=C[C@H](O)[C@@H]1[C@@H]2CC[C@@]2(C)[C@H]1CC[C@]2(C)O. The Kier molecular flexibility index (Phi) is 3.38. The van der Waals surface area contributed by atoms with Gasteiger partial charge in [-0.05, 0) is 80.5 Å². The Labute approximate surface area is 139 Å². The Morgan fingerprint density at radius 3 is 2.39 bits per heavy atom. The van der Waals surface area contributed by atoms with Crippen LogP contribution in [0.4, 0.5) is 0 Å². The van der Waals surface area contributed by atoms with E-state index in [0.717, 1.165) is 44.9 Å². The number of rotatable bonds is 0. The van der Waals surface area contributed by atoms with E-state index in [0.29, 0.717) is 11.8 Å². The van der Waals surface area contributed by atoms with Crippen LogP contribution in [0.25, 0.3) is 0 Å². The summed E-state index contributed by atoms with van der Waals surface area (Å²) in [6.45, 7) is 6.62. The molecule has 3 N–H and O–H groups in total. The summed E-state index contributed by atoms with van der Waals surface area (Å²) in [6, 6.07) is 0. The van der Waals surface area contributed by atoms with Gasteiger partial charge in [-0.1, -0.05) is 25.5 Å². The lowest BCUT2D eigenvalue weighted by Crippen LogP contribution is -2.57. The maximum atomic E-state index is 10.9. The van der Waals surface area contributed by atoms with Crippen molar-refractivity contribution >= 4 is 0 Å². The van der Waals surface area contributed by atoms with E-state index in [4.69, 9.17) is 0 Å². The molecule has 23 heavy (non-hydrogen) atoms. The van der Waals surface area contributed by atoms with E-state index in [2.05, 4.69) is 19.9 Å². The Morgan fingerprint density at radius 2 is 1.65 bits per heavy atom. The molecule has 8 atom stereocenters. The summed E-state index contributed by atoms with van der Waals surface area (Å²) in [5, 5.41) is 31.9. The minimum atomic E-state index is -0.601. The number of aliphatic hydroxyl groups is 3. The molecule has 0 amide bonds. The van der Waals surface area contributed by atoms with Gasteiger partial charge in [0.05, 0.1) is 17.8 Å². The highest BCUT2D eigenvalue weighted by Crippen LogP contribution is 2.66. The first-order valence-electron chi connectivity index (χ1n) is 9.49. The lowest BCUT2D eigenvalue weighted by Gasteiger charge is -2.59. The highest BCUT2D eigenvalue weighted by Gasteiger charge is 2.63. The van der Waals surface area contributed by atoms with Crippen molar-refractivity contribution in [3.63, 3.8) is 0 Å². The quantitative estimate of drug-likeness (QED) is 0.601. The van der Waals surface area contributed by atoms with Crippen molar-refractivity contribution in [2.45, 2.75) is 83.5 Å². The molecular weight excluding hydrogens is 288 g/mol. The van der Waals surface area contributed by atoms with Crippen LogP contribution in [0.1, 0.15) is 65.7 Å². The maximum Gasteiger partial charge on any atom is 0.0757 e. The molecule has 0 aromatic heterocycles. The van der Waals surface area contributed by atoms with Crippen molar-refractivity contribution in [1.82, 2.24) is 0 Å². The molecule has 0 aromatic carbocycles. The van der Waals surface area contributed by atoms with Crippen molar-refractivity contribution in [2.75, 3.05) is 0 Å². The Bertz CT molecular complexity index is 539. The summed E-state index contributed by atoms with van der Waals surface area (Å²) in [6.07, 6.45) is 8.11. The lowest BCUT2D eigenvalue weighted by atomic mass is 9.46. The number of hydrogen-bond acceptors (Lipinski definition) is 3. The van der Waals surface area contributed by atoms with E-state index in [1.165, 1.54) is 5.57 Å². The average Bonchev–Trinajstić information content (AvgIpc) is 2.72. The van der Waals surface area contributed by atoms with Crippen molar-refractivity contribution < 1.29 is 15.3 Å². The van der Waals surface area contributed by atoms with Crippen LogP contribution in [0, 0.1) is 28.6 Å². The Hall–Kier alpha value is -0.380. The van der Waals surface area contributed by atoms with Crippen LogP contribution in [0.15, 0.2) is 11.6 Å². The van der Waals surface area contributed by atoms with E-state index in [1.807, 2.05) is 6.92 Å². The summed E-state index contributed by atoms with van der Waals surface area (Å²) in [5.74, 6) is 1.18. The molecule has 4 rings (SSSR count). The Balaban J connectivity index is 1.74. The van der Waals surface area contributed by atoms with Crippen molar-refractivity contribution in [1.29, 1.82) is 0 Å². The average molecular weight is 320 g/mol. The fourth-order valence-corrected chi connectivity index (χ4v) is 6.87. The Morgan fingerprint density at radius 1 is 0.957 bits per heavy atom. The molecule has 3 heteroatoms. The van der Waals surface area contributed by atoms with E-state index in [9.17, 15) is 15.3 Å². The first-order chi connectivity index (χ1) is 10.7. The van der Waals surface area contributed by atoms with Crippen LogP contribution in [-0.2, 0) is 0 Å². The molecular formula is C20H32O3. The summed E-state index contributed by atoms with van der Waals surface area (Å²) in [4.78, 5) is 0. The molecule has 3 nitrogen and oxygen atoms in total. The molecule has 3 saturated carbocycles. The second kappa shape index (κ2) is 4.83. The van der Waals surface area contributed by atoms with Gasteiger partial charge in [-0.15, -0.1) is 0 Å². The van der Waals surface area contributed by atoms with Gasteiger partial charge in [0, 0.05) is 0 Å². The van der Waals surface area contributed by atoms with E-state index in [-0.39, 0.29) is 22.9 Å². The van der Waals surface area contributed by atoms with Gasteiger partial charge in [0.25, 0.3) is 0 Å². The molecule has 0 aromatic rings. The fourth-order valence-electron chi connectivity index (χ4n) is 6.87. The molecule has 0 bridgehead atoms. The minimum absolute atomic E-state index is 0.0645. The third kappa shape index (κ3) is 1.99. The van der Waals surface area contributed by atoms with Crippen LogP contribution in [0.3, 0.4) is 0 Å². The molecule has 130 valence electrons. The molecule has 0 radical (unpaired) electrons. The van der Waals surface area contributed by atoms with Gasteiger partial charge in [0.15, 0.2) is 0 Å². The summed E-state index contributed by atoms with van der Waals surface area (Å²) >= 11 is 0. The molecule has 0 unspecified atom stereocenters.